The van der Waals surface area contributed by atoms with Crippen molar-refractivity contribution in [2.45, 2.75) is 78.4 Å². The van der Waals surface area contributed by atoms with Crippen LogP contribution in [-0.2, 0) is 31.8 Å². The van der Waals surface area contributed by atoms with Gasteiger partial charge in [0.15, 0.2) is 5.92 Å². The number of benzene rings is 1. The number of anilines is 1. The molecule has 12 nitrogen and oxygen atoms in total. The van der Waals surface area contributed by atoms with Crippen LogP contribution < -0.4 is 4.90 Å². The lowest BCUT2D eigenvalue weighted by Crippen LogP contribution is -2.29. The summed E-state index contributed by atoms with van der Waals surface area (Å²) in [4.78, 5) is 54.9. The number of Topliss-reactive ketones (excluding diaryl/α,β-unsaturated/α-hetero) is 1. The summed E-state index contributed by atoms with van der Waals surface area (Å²) in [7, 11) is 1.41. The summed E-state index contributed by atoms with van der Waals surface area (Å²) in [6, 6.07) is 3.90. The zero-order chi connectivity index (χ0) is 38.7. The number of hydrogen-bond acceptors (Lipinski definition) is 9. The number of nitro groups is 1. The van der Waals surface area contributed by atoms with E-state index in [9.17, 15) is 24.5 Å². The monoisotopic (exact) mass is 726 g/mol. The predicted molar refractivity (Wildman–Crippen MR) is 204 cm³/mol. The van der Waals surface area contributed by atoms with Crippen molar-refractivity contribution in [2.75, 3.05) is 31.8 Å². The van der Waals surface area contributed by atoms with Crippen LogP contribution in [0.15, 0.2) is 91.1 Å². The first-order valence-corrected chi connectivity index (χ1v) is 17.8. The molecule has 0 radical (unpaired) electrons. The molecule has 0 spiro atoms. The van der Waals surface area contributed by atoms with Crippen molar-refractivity contribution in [2.24, 2.45) is 5.41 Å². The molecule has 1 aromatic heterocycles. The minimum atomic E-state index is -1.73. The Hall–Kier alpha value is -5.36. The average molecular weight is 727 g/mol. The summed E-state index contributed by atoms with van der Waals surface area (Å²) in [5.41, 5.74) is 2.38. The normalized spacial score (nSPS) is 17.9. The van der Waals surface area contributed by atoms with Gasteiger partial charge < -0.3 is 14.2 Å². The molecule has 4 rings (SSSR count). The summed E-state index contributed by atoms with van der Waals surface area (Å²) in [6.45, 7) is 15.6. The van der Waals surface area contributed by atoms with E-state index in [-0.39, 0.29) is 41.8 Å². The third kappa shape index (κ3) is 10.2. The molecule has 1 aromatic carbocycles. The first-order chi connectivity index (χ1) is 25.3. The Balaban J connectivity index is 1.78. The number of nitrogens with zero attached hydrogens (tertiary/aromatic N) is 4. The lowest BCUT2D eigenvalue weighted by molar-refractivity contribution is -0.385. The Kier molecular flexibility index (Phi) is 14.0. The molecule has 1 fully saturated rings. The molecule has 1 aliphatic heterocycles. The van der Waals surface area contributed by atoms with Gasteiger partial charge >= 0.3 is 12.1 Å². The highest BCUT2D eigenvalue weighted by molar-refractivity contribution is 6.13. The van der Waals surface area contributed by atoms with E-state index in [0.29, 0.717) is 30.6 Å². The second-order valence-electron chi connectivity index (χ2n) is 14.0. The summed E-state index contributed by atoms with van der Waals surface area (Å²) in [5, 5.41) is 17.5. The standard InChI is InChI=1S/C41H50N4O8/c1-8-11-12-17-28(4)26-53-40(48)43(7)30-19-20-31(33(24-30)45(49)50)36(39(47)52-27-29(15-9-2)16-10-3)38(46)37-32-21-22-41(5,6)25-34(32)44(42-37)35-18-13-14-23-51-35/h8-12,15-17,19-20,24,35-36H,1-2,13-14,18,21-23,25-27H2,3-7H3/b12-11-,16-10-,28-17+,29-15+. The second-order valence-corrected chi connectivity index (χ2v) is 14.0. The van der Waals surface area contributed by atoms with Crippen LogP contribution in [0.2, 0.25) is 0 Å². The number of amides is 1. The molecule has 0 bridgehead atoms. The van der Waals surface area contributed by atoms with Crippen molar-refractivity contribution >= 4 is 29.2 Å². The van der Waals surface area contributed by atoms with Crippen LogP contribution in [0.25, 0.3) is 0 Å². The Labute approximate surface area is 311 Å². The van der Waals surface area contributed by atoms with Crippen LogP contribution >= 0.6 is 0 Å². The van der Waals surface area contributed by atoms with Crippen molar-refractivity contribution in [3.63, 3.8) is 0 Å². The van der Waals surface area contributed by atoms with E-state index in [0.717, 1.165) is 47.9 Å². The molecule has 2 aliphatic rings. The maximum absolute atomic E-state index is 14.8. The van der Waals surface area contributed by atoms with Gasteiger partial charge in [0.1, 0.15) is 25.1 Å². The molecular weight excluding hydrogens is 676 g/mol. The Morgan fingerprint density at radius 1 is 1.15 bits per heavy atom. The molecule has 1 aliphatic carbocycles. The van der Waals surface area contributed by atoms with Crippen LogP contribution in [-0.4, -0.2) is 59.4 Å². The number of carbonyl (C=O) groups is 3. The molecule has 0 saturated carbocycles. The van der Waals surface area contributed by atoms with Gasteiger partial charge in [0.2, 0.25) is 5.78 Å². The largest absolute Gasteiger partial charge is 0.460 e. The van der Waals surface area contributed by atoms with Crippen LogP contribution in [0.3, 0.4) is 0 Å². The summed E-state index contributed by atoms with van der Waals surface area (Å²) < 4.78 is 19.0. The molecule has 0 N–H and O–H groups in total. The van der Waals surface area contributed by atoms with Crippen molar-refractivity contribution < 1.29 is 33.5 Å². The zero-order valence-electron chi connectivity index (χ0n) is 31.3. The average Bonchev–Trinajstić information content (AvgIpc) is 3.51. The lowest BCUT2D eigenvalue weighted by Gasteiger charge is -2.32. The van der Waals surface area contributed by atoms with E-state index in [2.05, 4.69) is 27.0 Å². The number of ketones is 1. The van der Waals surface area contributed by atoms with Gasteiger partial charge in [-0.05, 0) is 81.1 Å². The molecule has 1 saturated heterocycles. The number of aromatic nitrogens is 2. The van der Waals surface area contributed by atoms with Crippen LogP contribution in [0.1, 0.15) is 92.8 Å². The molecule has 12 heteroatoms. The third-order valence-corrected chi connectivity index (χ3v) is 9.30. The number of allylic oxidation sites excluding steroid dienone is 7. The van der Waals surface area contributed by atoms with Crippen molar-refractivity contribution in [3.8, 4) is 0 Å². The van der Waals surface area contributed by atoms with Crippen LogP contribution in [0, 0.1) is 15.5 Å². The zero-order valence-corrected chi connectivity index (χ0v) is 31.3. The number of ether oxygens (including phenoxy) is 3. The van der Waals surface area contributed by atoms with Gasteiger partial charge in [0, 0.05) is 31.0 Å². The fourth-order valence-corrected chi connectivity index (χ4v) is 6.45. The Morgan fingerprint density at radius 2 is 1.92 bits per heavy atom. The lowest BCUT2D eigenvalue weighted by atomic mass is 9.75. The summed E-state index contributed by atoms with van der Waals surface area (Å²) in [5.74, 6) is -3.42. The molecule has 2 unspecified atom stereocenters. The predicted octanol–water partition coefficient (Wildman–Crippen LogP) is 8.46. The fourth-order valence-electron chi connectivity index (χ4n) is 6.45. The highest BCUT2D eigenvalue weighted by atomic mass is 16.6. The molecule has 2 heterocycles. The topological polar surface area (TPSA) is 143 Å². The molecule has 2 atom stereocenters. The number of carbonyl (C=O) groups excluding carboxylic acids is 3. The summed E-state index contributed by atoms with van der Waals surface area (Å²) >= 11 is 0. The SMILES string of the molecule is C=C/C=C\C=C(/C)COC(=O)N(C)c1ccc(C(C(=O)OCC(/C=C\C)=C/C=C)C(=O)c2nn(C3CCCCO3)c3c2CCC(C)(C)C3)c([N+](=O)[O-])c1. The van der Waals surface area contributed by atoms with Gasteiger partial charge in [-0.2, -0.15) is 5.10 Å². The minimum Gasteiger partial charge on any atom is -0.460 e. The van der Waals surface area contributed by atoms with Crippen LogP contribution in [0.5, 0.6) is 0 Å². The third-order valence-electron chi connectivity index (χ3n) is 9.30. The van der Waals surface area contributed by atoms with E-state index in [1.54, 1.807) is 67.1 Å². The van der Waals surface area contributed by atoms with E-state index < -0.39 is 34.4 Å². The molecule has 282 valence electrons. The summed E-state index contributed by atoms with van der Waals surface area (Å²) in [6.07, 6.45) is 17.0. The number of esters is 1. The van der Waals surface area contributed by atoms with Gasteiger partial charge in [0.05, 0.1) is 16.2 Å². The first kappa shape index (κ1) is 40.4. The highest BCUT2D eigenvalue weighted by Gasteiger charge is 2.42. The van der Waals surface area contributed by atoms with Crippen molar-refractivity contribution in [3.05, 3.63) is 124 Å². The quantitative estimate of drug-likeness (QED) is 0.0441. The number of rotatable bonds is 15. The van der Waals surface area contributed by atoms with Crippen molar-refractivity contribution in [1.29, 1.82) is 0 Å². The molecule has 1 amide bonds. The Bertz CT molecular complexity index is 1840. The smallest absolute Gasteiger partial charge is 0.414 e. The Morgan fingerprint density at radius 3 is 2.58 bits per heavy atom. The van der Waals surface area contributed by atoms with E-state index >= 15 is 0 Å². The minimum absolute atomic E-state index is 0.0111. The molecule has 2 aromatic rings. The maximum Gasteiger partial charge on any atom is 0.414 e. The van der Waals surface area contributed by atoms with E-state index in [4.69, 9.17) is 19.3 Å². The maximum atomic E-state index is 14.8. The van der Waals surface area contributed by atoms with Gasteiger partial charge in [-0.25, -0.2) is 9.48 Å². The number of fused-ring (bicyclic) bond motifs is 1. The van der Waals surface area contributed by atoms with Gasteiger partial charge in [-0.15, -0.1) is 0 Å². The fraction of sp³-hybridized carbons (Fsp3) is 0.415. The van der Waals surface area contributed by atoms with Gasteiger partial charge in [0.25, 0.3) is 5.69 Å². The van der Waals surface area contributed by atoms with Gasteiger partial charge in [-0.3, -0.25) is 24.6 Å². The van der Waals surface area contributed by atoms with Crippen LogP contribution in [0.4, 0.5) is 16.2 Å². The van der Waals surface area contributed by atoms with E-state index in [1.807, 2.05) is 0 Å². The van der Waals surface area contributed by atoms with E-state index in [1.165, 1.54) is 19.2 Å². The highest BCUT2D eigenvalue weighted by Crippen LogP contribution is 2.41. The van der Waals surface area contributed by atoms with Gasteiger partial charge in [-0.1, -0.05) is 75.6 Å². The number of hydrogen-bond donors (Lipinski definition) is 0. The first-order valence-electron chi connectivity index (χ1n) is 17.8. The van der Waals surface area contributed by atoms with Crippen molar-refractivity contribution in [1.82, 2.24) is 9.78 Å². The molecular formula is C41H50N4O8. The molecule has 53 heavy (non-hydrogen) atoms. The second kappa shape index (κ2) is 18.4. The number of nitro benzene ring substituents is 1.